The van der Waals surface area contributed by atoms with Gasteiger partial charge in [0.05, 0.1) is 5.56 Å². The molecule has 0 spiro atoms. The lowest BCUT2D eigenvalue weighted by molar-refractivity contribution is 0.0698. The highest BCUT2D eigenvalue weighted by Gasteiger charge is 2.07. The van der Waals surface area contributed by atoms with Gasteiger partial charge in [0.25, 0.3) is 0 Å². The van der Waals surface area contributed by atoms with E-state index in [-0.39, 0.29) is 0 Å². The number of aromatic carboxylic acids is 1. The van der Waals surface area contributed by atoms with Crippen LogP contribution in [0.5, 0.6) is 0 Å². The van der Waals surface area contributed by atoms with Gasteiger partial charge in [-0.2, -0.15) is 11.8 Å². The summed E-state index contributed by atoms with van der Waals surface area (Å²) in [5, 5.41) is 12.1. The van der Waals surface area contributed by atoms with E-state index < -0.39 is 5.97 Å². The molecular weight excluding hydrogens is 210 g/mol. The quantitative estimate of drug-likeness (QED) is 0.730. The number of rotatable bonds is 6. The largest absolute Gasteiger partial charge is 0.478 e. The second kappa shape index (κ2) is 6.35. The zero-order valence-electron chi connectivity index (χ0n) is 8.69. The second-order valence-electron chi connectivity index (χ2n) is 3.12. The van der Waals surface area contributed by atoms with Crippen molar-refractivity contribution in [1.82, 2.24) is 0 Å². The molecule has 0 radical (unpaired) electrons. The van der Waals surface area contributed by atoms with Crippen molar-refractivity contribution in [1.29, 1.82) is 0 Å². The number of hydrogen-bond acceptors (Lipinski definition) is 3. The highest BCUT2D eigenvalue weighted by atomic mass is 32.2. The first-order valence-electron chi connectivity index (χ1n) is 4.81. The van der Waals surface area contributed by atoms with Gasteiger partial charge >= 0.3 is 5.97 Å². The van der Waals surface area contributed by atoms with Crippen molar-refractivity contribution in [2.45, 2.75) is 6.42 Å². The van der Waals surface area contributed by atoms with Gasteiger partial charge in [0.1, 0.15) is 0 Å². The standard InChI is InChI=1S/C11H15NO2S/c1-15-8-4-7-12-10-6-3-2-5-9(10)11(13)14/h2-3,5-6,12H,4,7-8H2,1H3,(H,13,14). The first kappa shape index (κ1) is 11.9. The summed E-state index contributed by atoms with van der Waals surface area (Å²) in [6.45, 7) is 0.811. The van der Waals surface area contributed by atoms with Crippen molar-refractivity contribution in [2.75, 3.05) is 23.9 Å². The average Bonchev–Trinajstić information content (AvgIpc) is 2.25. The molecule has 0 bridgehead atoms. The van der Waals surface area contributed by atoms with Gasteiger partial charge in [-0.25, -0.2) is 4.79 Å². The number of carboxylic acid groups (broad SMARTS) is 1. The van der Waals surface area contributed by atoms with Crippen LogP contribution >= 0.6 is 11.8 Å². The molecule has 1 rings (SSSR count). The topological polar surface area (TPSA) is 49.3 Å². The third-order valence-corrected chi connectivity index (χ3v) is 2.70. The van der Waals surface area contributed by atoms with E-state index in [1.807, 2.05) is 6.07 Å². The molecule has 0 amide bonds. The summed E-state index contributed by atoms with van der Waals surface area (Å²) < 4.78 is 0. The average molecular weight is 225 g/mol. The van der Waals surface area contributed by atoms with Crippen LogP contribution in [0.3, 0.4) is 0 Å². The normalized spacial score (nSPS) is 9.93. The lowest BCUT2D eigenvalue weighted by atomic mass is 10.2. The molecule has 0 aliphatic heterocycles. The zero-order valence-corrected chi connectivity index (χ0v) is 9.51. The Labute approximate surface area is 93.9 Å². The van der Waals surface area contributed by atoms with Crippen LogP contribution in [0.4, 0.5) is 5.69 Å². The van der Waals surface area contributed by atoms with Crippen LogP contribution in [0, 0.1) is 0 Å². The Hall–Kier alpha value is -1.16. The van der Waals surface area contributed by atoms with Crippen LogP contribution in [-0.2, 0) is 0 Å². The van der Waals surface area contributed by atoms with Crippen molar-refractivity contribution < 1.29 is 9.90 Å². The van der Waals surface area contributed by atoms with Crippen LogP contribution in [0.25, 0.3) is 0 Å². The molecule has 0 saturated heterocycles. The van der Waals surface area contributed by atoms with Gasteiger partial charge in [-0.05, 0) is 30.6 Å². The summed E-state index contributed by atoms with van der Waals surface area (Å²) >= 11 is 1.79. The van der Waals surface area contributed by atoms with Gasteiger partial charge in [0, 0.05) is 12.2 Å². The fourth-order valence-corrected chi connectivity index (χ4v) is 1.70. The lowest BCUT2D eigenvalue weighted by Gasteiger charge is -2.08. The Balaban J connectivity index is 2.56. The van der Waals surface area contributed by atoms with Gasteiger partial charge in [-0.3, -0.25) is 0 Å². The number of carbonyl (C=O) groups is 1. The van der Waals surface area contributed by atoms with E-state index in [4.69, 9.17) is 5.11 Å². The molecule has 4 heteroatoms. The highest BCUT2D eigenvalue weighted by Crippen LogP contribution is 2.14. The van der Waals surface area contributed by atoms with Crippen molar-refractivity contribution in [3.05, 3.63) is 29.8 Å². The number of benzene rings is 1. The van der Waals surface area contributed by atoms with Crippen LogP contribution in [0.15, 0.2) is 24.3 Å². The smallest absolute Gasteiger partial charge is 0.337 e. The Morgan fingerprint density at radius 3 is 2.87 bits per heavy atom. The molecule has 0 saturated carbocycles. The summed E-state index contributed by atoms with van der Waals surface area (Å²) in [7, 11) is 0. The summed E-state index contributed by atoms with van der Waals surface area (Å²) in [5.74, 6) is 0.199. The minimum Gasteiger partial charge on any atom is -0.478 e. The maximum Gasteiger partial charge on any atom is 0.337 e. The van der Waals surface area contributed by atoms with Crippen molar-refractivity contribution in [2.24, 2.45) is 0 Å². The van der Waals surface area contributed by atoms with Crippen LogP contribution in [0.2, 0.25) is 0 Å². The number of carboxylic acids is 1. The number of nitrogens with one attached hydrogen (secondary N) is 1. The molecule has 1 aromatic carbocycles. The van der Waals surface area contributed by atoms with E-state index in [1.54, 1.807) is 30.0 Å². The number of thioether (sulfide) groups is 1. The fraction of sp³-hybridized carbons (Fsp3) is 0.364. The molecule has 0 aliphatic rings. The van der Waals surface area contributed by atoms with Crippen molar-refractivity contribution in [3.8, 4) is 0 Å². The van der Waals surface area contributed by atoms with Crippen LogP contribution in [-0.4, -0.2) is 29.6 Å². The van der Waals surface area contributed by atoms with Gasteiger partial charge in [0.2, 0.25) is 0 Å². The van der Waals surface area contributed by atoms with Crippen molar-refractivity contribution >= 4 is 23.4 Å². The predicted molar refractivity (Wildman–Crippen MR) is 64.9 cm³/mol. The zero-order chi connectivity index (χ0) is 11.1. The first-order chi connectivity index (χ1) is 7.25. The van der Waals surface area contributed by atoms with Crippen LogP contribution in [0.1, 0.15) is 16.8 Å². The third-order valence-electron chi connectivity index (χ3n) is 2.00. The molecule has 0 atom stereocenters. The van der Waals surface area contributed by atoms with Crippen molar-refractivity contribution in [3.63, 3.8) is 0 Å². The molecule has 0 fully saturated rings. The Morgan fingerprint density at radius 2 is 2.20 bits per heavy atom. The summed E-state index contributed by atoms with van der Waals surface area (Å²) in [6.07, 6.45) is 3.10. The molecule has 15 heavy (non-hydrogen) atoms. The molecule has 0 unspecified atom stereocenters. The first-order valence-corrected chi connectivity index (χ1v) is 6.20. The lowest BCUT2D eigenvalue weighted by Crippen LogP contribution is -2.07. The number of para-hydroxylation sites is 1. The van der Waals surface area contributed by atoms with Gasteiger partial charge in [-0.15, -0.1) is 0 Å². The van der Waals surface area contributed by atoms with Gasteiger partial charge < -0.3 is 10.4 Å². The third kappa shape index (κ3) is 3.83. The van der Waals surface area contributed by atoms with E-state index in [2.05, 4.69) is 11.6 Å². The summed E-state index contributed by atoms with van der Waals surface area (Å²) in [5.41, 5.74) is 1.03. The number of hydrogen-bond donors (Lipinski definition) is 2. The van der Waals surface area contributed by atoms with E-state index >= 15 is 0 Å². The van der Waals surface area contributed by atoms with Crippen LogP contribution < -0.4 is 5.32 Å². The summed E-state index contributed by atoms with van der Waals surface area (Å²) in [4.78, 5) is 10.9. The molecule has 1 aromatic rings. The Kier molecular flexibility index (Phi) is 5.04. The second-order valence-corrected chi connectivity index (χ2v) is 4.11. The molecular formula is C11H15NO2S. The van der Waals surface area contributed by atoms with E-state index in [9.17, 15) is 4.79 Å². The molecule has 2 N–H and O–H groups in total. The van der Waals surface area contributed by atoms with Gasteiger partial charge in [-0.1, -0.05) is 12.1 Å². The SMILES string of the molecule is CSCCCNc1ccccc1C(=O)O. The minimum atomic E-state index is -0.886. The minimum absolute atomic E-state index is 0.335. The molecule has 82 valence electrons. The maximum absolute atomic E-state index is 10.9. The van der Waals surface area contributed by atoms with E-state index in [0.29, 0.717) is 11.3 Å². The molecule has 0 aromatic heterocycles. The molecule has 0 heterocycles. The van der Waals surface area contributed by atoms with E-state index in [0.717, 1.165) is 18.7 Å². The molecule has 0 aliphatic carbocycles. The Morgan fingerprint density at radius 1 is 1.47 bits per heavy atom. The summed E-state index contributed by atoms with van der Waals surface area (Å²) in [6, 6.07) is 6.97. The monoisotopic (exact) mass is 225 g/mol. The Bertz CT molecular complexity index is 328. The van der Waals surface area contributed by atoms with Gasteiger partial charge in [0.15, 0.2) is 0 Å². The van der Waals surface area contributed by atoms with E-state index in [1.165, 1.54) is 0 Å². The maximum atomic E-state index is 10.9. The molecule has 3 nitrogen and oxygen atoms in total. The predicted octanol–water partition coefficient (Wildman–Crippen LogP) is 2.55. The highest BCUT2D eigenvalue weighted by molar-refractivity contribution is 7.98. The fourth-order valence-electron chi connectivity index (χ4n) is 1.26. The number of anilines is 1.